The zero-order valence-electron chi connectivity index (χ0n) is 16.7. The second-order valence-corrected chi connectivity index (χ2v) is 7.47. The topological polar surface area (TPSA) is 125 Å². The number of aliphatic hydroxyl groups is 1. The van der Waals surface area contributed by atoms with Gasteiger partial charge in [-0.3, -0.25) is 14.9 Å². The molecule has 1 saturated carbocycles. The summed E-state index contributed by atoms with van der Waals surface area (Å²) in [5.74, 6) is -0.0743. The predicted octanol–water partition coefficient (Wildman–Crippen LogP) is 2.68. The van der Waals surface area contributed by atoms with E-state index in [1.165, 1.54) is 18.2 Å². The van der Waals surface area contributed by atoms with Gasteiger partial charge in [-0.2, -0.15) is 9.83 Å². The predicted molar refractivity (Wildman–Crippen MR) is 110 cm³/mol. The number of nitrogens with one attached hydrogen (secondary N) is 2. The van der Waals surface area contributed by atoms with Crippen molar-refractivity contribution < 1.29 is 19.8 Å². The summed E-state index contributed by atoms with van der Waals surface area (Å²) in [5, 5.41) is 35.7. The highest BCUT2D eigenvalue weighted by Gasteiger charge is 2.22. The van der Waals surface area contributed by atoms with Crippen molar-refractivity contribution >= 4 is 22.5 Å². The Hall–Kier alpha value is -3.33. The maximum atomic E-state index is 12.7. The number of carbonyl (C=O) groups is 1. The SMILES string of the molecule is CCOc1cc2nn(C3CCC(O)CC3)cc2cc1NC(=O)c1cccc(=N)n1O. The minimum Gasteiger partial charge on any atom is -0.492 e. The molecule has 1 aromatic carbocycles. The second-order valence-electron chi connectivity index (χ2n) is 7.47. The Kier molecular flexibility index (Phi) is 5.45. The smallest absolute Gasteiger partial charge is 0.275 e. The number of fused-ring (bicyclic) bond motifs is 1. The Morgan fingerprint density at radius 3 is 2.80 bits per heavy atom. The van der Waals surface area contributed by atoms with Gasteiger partial charge in [0, 0.05) is 17.6 Å². The third-order valence-electron chi connectivity index (χ3n) is 5.41. The van der Waals surface area contributed by atoms with E-state index in [0.29, 0.717) is 22.8 Å². The average Bonchev–Trinajstić information content (AvgIpc) is 3.13. The molecule has 4 rings (SSSR count). The van der Waals surface area contributed by atoms with Crippen LogP contribution in [0.5, 0.6) is 5.75 Å². The number of carbonyl (C=O) groups excluding carboxylic acids is 1. The molecule has 1 fully saturated rings. The minimum absolute atomic E-state index is 0.0542. The summed E-state index contributed by atoms with van der Waals surface area (Å²) in [5.41, 5.74) is 0.972. The molecule has 0 unspecified atom stereocenters. The van der Waals surface area contributed by atoms with Gasteiger partial charge in [-0.05, 0) is 50.8 Å². The second kappa shape index (κ2) is 8.19. The monoisotopic (exact) mass is 411 g/mol. The first-order valence-electron chi connectivity index (χ1n) is 10.1. The number of benzene rings is 1. The zero-order valence-corrected chi connectivity index (χ0v) is 16.7. The van der Waals surface area contributed by atoms with Crippen molar-refractivity contribution in [1.29, 1.82) is 5.41 Å². The zero-order chi connectivity index (χ0) is 21.3. The number of anilines is 1. The molecule has 9 heteroatoms. The molecule has 158 valence electrons. The number of rotatable bonds is 5. The largest absolute Gasteiger partial charge is 0.492 e. The molecule has 0 saturated heterocycles. The van der Waals surface area contributed by atoms with Gasteiger partial charge in [-0.25, -0.2) is 0 Å². The normalized spacial score (nSPS) is 19.0. The Morgan fingerprint density at radius 1 is 1.30 bits per heavy atom. The van der Waals surface area contributed by atoms with Crippen molar-refractivity contribution in [3.63, 3.8) is 0 Å². The Morgan fingerprint density at radius 2 is 2.07 bits per heavy atom. The number of ether oxygens (including phenoxy) is 1. The van der Waals surface area contributed by atoms with E-state index in [1.807, 2.05) is 17.8 Å². The maximum Gasteiger partial charge on any atom is 0.275 e. The fraction of sp³-hybridized carbons (Fsp3) is 0.381. The van der Waals surface area contributed by atoms with E-state index >= 15 is 0 Å². The molecular weight excluding hydrogens is 386 g/mol. The van der Waals surface area contributed by atoms with E-state index in [9.17, 15) is 15.1 Å². The molecule has 1 aliphatic carbocycles. The summed E-state index contributed by atoms with van der Waals surface area (Å²) in [6.45, 7) is 2.27. The van der Waals surface area contributed by atoms with Gasteiger partial charge in [0.2, 0.25) is 0 Å². The van der Waals surface area contributed by atoms with Gasteiger partial charge in [-0.1, -0.05) is 6.07 Å². The van der Waals surface area contributed by atoms with Crippen LogP contribution in [0.2, 0.25) is 0 Å². The summed E-state index contributed by atoms with van der Waals surface area (Å²) in [7, 11) is 0. The van der Waals surface area contributed by atoms with Crippen LogP contribution >= 0.6 is 0 Å². The summed E-state index contributed by atoms with van der Waals surface area (Å²) >= 11 is 0. The molecule has 30 heavy (non-hydrogen) atoms. The fourth-order valence-electron chi connectivity index (χ4n) is 3.81. The number of pyridine rings is 1. The van der Waals surface area contributed by atoms with Crippen LogP contribution in [0.15, 0.2) is 36.5 Å². The van der Waals surface area contributed by atoms with Gasteiger partial charge in [-0.15, -0.1) is 0 Å². The first-order chi connectivity index (χ1) is 14.5. The van der Waals surface area contributed by atoms with E-state index in [-0.39, 0.29) is 23.3 Å². The van der Waals surface area contributed by atoms with Crippen molar-refractivity contribution in [2.24, 2.45) is 0 Å². The first kappa shape index (κ1) is 20.0. The van der Waals surface area contributed by atoms with E-state index in [2.05, 4.69) is 10.4 Å². The number of amides is 1. The van der Waals surface area contributed by atoms with E-state index in [0.717, 1.165) is 36.6 Å². The highest BCUT2D eigenvalue weighted by atomic mass is 16.5. The molecule has 2 heterocycles. The van der Waals surface area contributed by atoms with Crippen LogP contribution < -0.4 is 15.5 Å². The molecule has 2 aromatic heterocycles. The number of nitrogens with zero attached hydrogens (tertiary/aromatic N) is 3. The molecule has 0 bridgehead atoms. The molecule has 0 spiro atoms. The number of hydrogen-bond acceptors (Lipinski definition) is 6. The Labute approximate surface area is 173 Å². The minimum atomic E-state index is -0.555. The summed E-state index contributed by atoms with van der Waals surface area (Å²) < 4.78 is 8.17. The highest BCUT2D eigenvalue weighted by molar-refractivity contribution is 6.05. The van der Waals surface area contributed by atoms with Gasteiger partial charge in [0.25, 0.3) is 5.91 Å². The van der Waals surface area contributed by atoms with Gasteiger partial charge in [0.05, 0.1) is 30.0 Å². The van der Waals surface area contributed by atoms with Gasteiger partial charge in [0.1, 0.15) is 11.4 Å². The lowest BCUT2D eigenvalue weighted by Crippen LogP contribution is -2.26. The van der Waals surface area contributed by atoms with Gasteiger partial charge in [0.15, 0.2) is 5.49 Å². The fourth-order valence-corrected chi connectivity index (χ4v) is 3.81. The lowest BCUT2D eigenvalue weighted by Gasteiger charge is -2.25. The van der Waals surface area contributed by atoms with Crippen molar-refractivity contribution in [2.75, 3.05) is 11.9 Å². The van der Waals surface area contributed by atoms with E-state index < -0.39 is 5.91 Å². The third-order valence-corrected chi connectivity index (χ3v) is 5.41. The summed E-state index contributed by atoms with van der Waals surface area (Å²) in [6, 6.07) is 8.17. The number of hydrogen-bond donors (Lipinski definition) is 4. The van der Waals surface area contributed by atoms with E-state index in [4.69, 9.17) is 10.1 Å². The summed E-state index contributed by atoms with van der Waals surface area (Å²) in [6.07, 6.45) is 4.99. The highest BCUT2D eigenvalue weighted by Crippen LogP contribution is 2.33. The third kappa shape index (κ3) is 3.88. The molecule has 0 aliphatic heterocycles. The van der Waals surface area contributed by atoms with Crippen molar-refractivity contribution in [3.8, 4) is 5.75 Å². The van der Waals surface area contributed by atoms with Crippen LogP contribution in [0.3, 0.4) is 0 Å². The molecule has 1 aliphatic rings. The van der Waals surface area contributed by atoms with Crippen molar-refractivity contribution in [1.82, 2.24) is 14.5 Å². The van der Waals surface area contributed by atoms with E-state index in [1.54, 1.807) is 12.1 Å². The number of aliphatic hydroxyl groups excluding tert-OH is 1. The molecule has 4 N–H and O–H groups in total. The van der Waals surface area contributed by atoms with Crippen LogP contribution in [0, 0.1) is 5.41 Å². The van der Waals surface area contributed by atoms with Crippen LogP contribution in [0.4, 0.5) is 5.69 Å². The average molecular weight is 411 g/mol. The van der Waals surface area contributed by atoms with Gasteiger partial charge >= 0.3 is 0 Å². The quantitative estimate of drug-likeness (QED) is 0.480. The Balaban J connectivity index is 1.66. The maximum absolute atomic E-state index is 12.7. The standard InChI is InChI=1S/C21H25N5O4/c1-2-30-19-11-16-13(12-25(24-16)14-6-8-15(27)9-7-14)10-17(19)23-21(28)18-4-3-5-20(22)26(18)29/h3-5,10-12,14-15,22,27,29H,2,6-9H2,1H3,(H,23,28). The van der Waals surface area contributed by atoms with Crippen molar-refractivity contribution in [3.05, 3.63) is 47.7 Å². The molecule has 1 amide bonds. The Bertz CT molecular complexity index is 1130. The van der Waals surface area contributed by atoms with Crippen LogP contribution in [-0.4, -0.2) is 43.4 Å². The first-order valence-corrected chi connectivity index (χ1v) is 10.1. The van der Waals surface area contributed by atoms with Gasteiger partial charge < -0.3 is 20.4 Å². The lowest BCUT2D eigenvalue weighted by atomic mass is 9.93. The molecule has 9 nitrogen and oxygen atoms in total. The molecule has 0 radical (unpaired) electrons. The molecule has 3 aromatic rings. The molecule has 0 atom stereocenters. The lowest BCUT2D eigenvalue weighted by molar-refractivity contribution is 0.0957. The van der Waals surface area contributed by atoms with Crippen LogP contribution in [0.25, 0.3) is 10.9 Å². The van der Waals surface area contributed by atoms with Crippen molar-refractivity contribution in [2.45, 2.75) is 44.8 Å². The number of aromatic nitrogens is 3. The summed E-state index contributed by atoms with van der Waals surface area (Å²) in [4.78, 5) is 12.7. The van der Waals surface area contributed by atoms with Crippen LogP contribution in [0.1, 0.15) is 49.1 Å². The van der Waals surface area contributed by atoms with Crippen LogP contribution in [-0.2, 0) is 0 Å². The molecular formula is C21H25N5O4.